The summed E-state index contributed by atoms with van der Waals surface area (Å²) >= 11 is 6.17. The molecule has 1 aromatic carbocycles. The second-order valence-electron chi connectivity index (χ2n) is 8.43. The topological polar surface area (TPSA) is 116 Å². The van der Waals surface area contributed by atoms with Gasteiger partial charge in [0.05, 0.1) is 29.8 Å². The summed E-state index contributed by atoms with van der Waals surface area (Å²) in [6, 6.07) is 11.4. The van der Waals surface area contributed by atoms with Crippen molar-refractivity contribution >= 4 is 17.5 Å². The van der Waals surface area contributed by atoms with Gasteiger partial charge in [-0.15, -0.1) is 5.10 Å². The molecule has 0 saturated heterocycles. The second-order valence-corrected chi connectivity index (χ2v) is 8.87. The minimum atomic E-state index is -1.01. The molecule has 3 heterocycles. The molecule has 0 atom stereocenters. The van der Waals surface area contributed by atoms with Crippen LogP contribution in [0.15, 0.2) is 42.6 Å². The van der Waals surface area contributed by atoms with Gasteiger partial charge in [0.25, 0.3) is 0 Å². The van der Waals surface area contributed by atoms with E-state index in [9.17, 15) is 5.11 Å². The van der Waals surface area contributed by atoms with Crippen molar-refractivity contribution in [2.45, 2.75) is 38.8 Å². The van der Waals surface area contributed by atoms with Crippen molar-refractivity contribution in [1.82, 2.24) is 29.9 Å². The zero-order valence-electron chi connectivity index (χ0n) is 17.7. The van der Waals surface area contributed by atoms with Crippen LogP contribution in [0, 0.1) is 0 Å². The monoisotopic (exact) mass is 447 g/mol. The number of rotatable bonds is 4. The molecular formula is C23H22ClN7O. The molecule has 3 aromatic heterocycles. The third-order valence-corrected chi connectivity index (χ3v) is 5.77. The summed E-state index contributed by atoms with van der Waals surface area (Å²) in [4.78, 5) is 13.5. The molecule has 0 amide bonds. The number of pyridine rings is 1. The van der Waals surface area contributed by atoms with E-state index in [4.69, 9.17) is 17.3 Å². The SMILES string of the molecule is CC(C)(O)c1cccc(Cn2cc(-c3nc(N)nc4c3CCc3cc(Cl)ccc3-4)nn2)n1. The van der Waals surface area contributed by atoms with Crippen LogP contribution in [0.5, 0.6) is 0 Å². The van der Waals surface area contributed by atoms with E-state index in [0.29, 0.717) is 28.6 Å². The molecule has 4 aromatic rings. The summed E-state index contributed by atoms with van der Waals surface area (Å²) in [5.41, 5.74) is 11.7. The summed E-state index contributed by atoms with van der Waals surface area (Å²) in [7, 11) is 0. The van der Waals surface area contributed by atoms with Gasteiger partial charge in [0, 0.05) is 16.1 Å². The average molecular weight is 448 g/mol. The molecule has 32 heavy (non-hydrogen) atoms. The van der Waals surface area contributed by atoms with Crippen molar-refractivity contribution in [2.24, 2.45) is 0 Å². The smallest absolute Gasteiger partial charge is 0.221 e. The molecule has 1 aliphatic carbocycles. The molecule has 0 saturated carbocycles. The Morgan fingerprint density at radius 2 is 1.91 bits per heavy atom. The fraction of sp³-hybridized carbons (Fsp3) is 0.261. The van der Waals surface area contributed by atoms with Gasteiger partial charge in [-0.1, -0.05) is 28.9 Å². The molecule has 9 heteroatoms. The van der Waals surface area contributed by atoms with Crippen LogP contribution in [-0.2, 0) is 25.0 Å². The standard InChI is InChI=1S/C23H22ClN7O/c1-23(2,32)19-5-3-4-15(26-19)11-31-12-18(29-30-31)21-17-8-6-13-10-14(24)7-9-16(13)20(17)27-22(25)28-21/h3-5,7,9-10,12,32H,6,8,11H2,1-2H3,(H2,25,27,28). The summed E-state index contributed by atoms with van der Waals surface area (Å²) < 4.78 is 1.70. The van der Waals surface area contributed by atoms with Crippen LogP contribution >= 0.6 is 11.6 Å². The Morgan fingerprint density at radius 1 is 1.09 bits per heavy atom. The van der Waals surface area contributed by atoms with E-state index in [2.05, 4.69) is 25.3 Å². The first kappa shape index (κ1) is 20.5. The summed E-state index contributed by atoms with van der Waals surface area (Å²) in [6.45, 7) is 3.84. The van der Waals surface area contributed by atoms with E-state index in [-0.39, 0.29) is 5.95 Å². The number of halogens is 1. The van der Waals surface area contributed by atoms with Crippen LogP contribution in [0.3, 0.4) is 0 Å². The average Bonchev–Trinajstić information content (AvgIpc) is 3.20. The van der Waals surface area contributed by atoms with Gasteiger partial charge in [0.15, 0.2) is 0 Å². The summed E-state index contributed by atoms with van der Waals surface area (Å²) in [6.07, 6.45) is 3.43. The summed E-state index contributed by atoms with van der Waals surface area (Å²) in [5, 5.41) is 19.5. The zero-order chi connectivity index (χ0) is 22.5. The Kier molecular flexibility index (Phi) is 4.91. The number of hydrogen-bond acceptors (Lipinski definition) is 7. The van der Waals surface area contributed by atoms with E-state index >= 15 is 0 Å². The van der Waals surface area contributed by atoms with Crippen LogP contribution in [0.25, 0.3) is 22.6 Å². The van der Waals surface area contributed by atoms with Gasteiger partial charge >= 0.3 is 0 Å². The highest BCUT2D eigenvalue weighted by atomic mass is 35.5. The van der Waals surface area contributed by atoms with Crippen molar-refractivity contribution in [3.63, 3.8) is 0 Å². The predicted molar refractivity (Wildman–Crippen MR) is 122 cm³/mol. The zero-order valence-corrected chi connectivity index (χ0v) is 18.5. The van der Waals surface area contributed by atoms with Gasteiger partial charge in [-0.3, -0.25) is 4.98 Å². The number of nitrogens with zero attached hydrogens (tertiary/aromatic N) is 6. The lowest BCUT2D eigenvalue weighted by atomic mass is 9.88. The largest absolute Gasteiger partial charge is 0.384 e. The fourth-order valence-electron chi connectivity index (χ4n) is 3.99. The molecular weight excluding hydrogens is 426 g/mol. The Bertz CT molecular complexity index is 1330. The third kappa shape index (κ3) is 3.83. The Balaban J connectivity index is 1.50. The molecule has 0 fully saturated rings. The maximum absolute atomic E-state index is 10.2. The molecule has 3 N–H and O–H groups in total. The number of fused-ring (bicyclic) bond motifs is 3. The first-order chi connectivity index (χ1) is 15.3. The number of aliphatic hydroxyl groups is 1. The minimum absolute atomic E-state index is 0.190. The maximum Gasteiger partial charge on any atom is 0.221 e. The molecule has 1 aliphatic rings. The van der Waals surface area contributed by atoms with E-state index in [1.165, 1.54) is 0 Å². The number of aromatic nitrogens is 6. The number of aryl methyl sites for hydroxylation is 1. The Hall–Kier alpha value is -3.36. The predicted octanol–water partition coefficient (Wildman–Crippen LogP) is 3.41. The fourth-order valence-corrected chi connectivity index (χ4v) is 4.19. The van der Waals surface area contributed by atoms with Crippen molar-refractivity contribution in [2.75, 3.05) is 5.73 Å². The first-order valence-corrected chi connectivity index (χ1v) is 10.7. The van der Waals surface area contributed by atoms with Crippen LogP contribution in [0.1, 0.15) is 36.4 Å². The van der Waals surface area contributed by atoms with Crippen LogP contribution in [0.2, 0.25) is 5.02 Å². The van der Waals surface area contributed by atoms with Crippen molar-refractivity contribution in [3.05, 3.63) is 70.1 Å². The van der Waals surface area contributed by atoms with E-state index in [1.807, 2.05) is 36.5 Å². The quantitative estimate of drug-likeness (QED) is 0.492. The molecule has 0 aliphatic heterocycles. The lowest BCUT2D eigenvalue weighted by Crippen LogP contribution is -2.18. The third-order valence-electron chi connectivity index (χ3n) is 5.53. The molecule has 0 spiro atoms. The molecule has 0 radical (unpaired) electrons. The first-order valence-electron chi connectivity index (χ1n) is 10.3. The van der Waals surface area contributed by atoms with Crippen LogP contribution in [-0.4, -0.2) is 35.1 Å². The van der Waals surface area contributed by atoms with E-state index in [1.54, 1.807) is 24.6 Å². The van der Waals surface area contributed by atoms with Crippen LogP contribution < -0.4 is 5.73 Å². The van der Waals surface area contributed by atoms with Gasteiger partial charge in [-0.25, -0.2) is 14.6 Å². The molecule has 0 bridgehead atoms. The van der Waals surface area contributed by atoms with E-state index in [0.717, 1.165) is 40.9 Å². The highest BCUT2D eigenvalue weighted by Gasteiger charge is 2.24. The minimum Gasteiger partial charge on any atom is -0.384 e. The Labute approximate surface area is 190 Å². The number of benzene rings is 1. The lowest BCUT2D eigenvalue weighted by molar-refractivity contribution is 0.0736. The van der Waals surface area contributed by atoms with Gasteiger partial charge in [0.1, 0.15) is 17.0 Å². The molecule has 5 rings (SSSR count). The van der Waals surface area contributed by atoms with Crippen molar-refractivity contribution in [3.8, 4) is 22.6 Å². The summed E-state index contributed by atoms with van der Waals surface area (Å²) in [5.74, 6) is 0.190. The number of hydrogen-bond donors (Lipinski definition) is 2. The van der Waals surface area contributed by atoms with Crippen molar-refractivity contribution in [1.29, 1.82) is 0 Å². The van der Waals surface area contributed by atoms with Gasteiger partial charge in [-0.2, -0.15) is 0 Å². The van der Waals surface area contributed by atoms with E-state index < -0.39 is 5.60 Å². The Morgan fingerprint density at radius 3 is 2.72 bits per heavy atom. The molecule has 0 unspecified atom stereocenters. The number of nitrogen functional groups attached to an aromatic ring is 1. The lowest BCUT2D eigenvalue weighted by Gasteiger charge is -2.21. The molecule has 162 valence electrons. The second kappa shape index (κ2) is 7.65. The number of anilines is 1. The van der Waals surface area contributed by atoms with Gasteiger partial charge in [-0.05, 0) is 56.5 Å². The maximum atomic E-state index is 10.2. The number of nitrogens with two attached hydrogens (primary N) is 1. The van der Waals surface area contributed by atoms with Crippen LogP contribution in [0.4, 0.5) is 5.95 Å². The van der Waals surface area contributed by atoms with Gasteiger partial charge < -0.3 is 10.8 Å². The van der Waals surface area contributed by atoms with Crippen molar-refractivity contribution < 1.29 is 5.11 Å². The van der Waals surface area contributed by atoms with Gasteiger partial charge in [0.2, 0.25) is 5.95 Å². The normalized spacial score (nSPS) is 13.0. The highest BCUT2D eigenvalue weighted by Crippen LogP contribution is 2.37. The molecule has 8 nitrogen and oxygen atoms in total. The highest BCUT2D eigenvalue weighted by molar-refractivity contribution is 6.30.